The summed E-state index contributed by atoms with van der Waals surface area (Å²) in [6.45, 7) is 6.83. The third-order valence-corrected chi connectivity index (χ3v) is 3.55. The molecule has 0 spiro atoms. The molecule has 1 aromatic carbocycles. The van der Waals surface area contributed by atoms with Crippen molar-refractivity contribution >= 4 is 17.6 Å². The van der Waals surface area contributed by atoms with E-state index in [1.807, 2.05) is 20.8 Å². The van der Waals surface area contributed by atoms with Gasteiger partial charge in [0.15, 0.2) is 0 Å². The third kappa shape index (κ3) is 4.19. The van der Waals surface area contributed by atoms with Crippen molar-refractivity contribution in [2.45, 2.75) is 33.2 Å². The number of hydrogen-bond donors (Lipinski definition) is 2. The van der Waals surface area contributed by atoms with E-state index in [4.69, 9.17) is 0 Å². The Bertz CT molecular complexity index is 552. The van der Waals surface area contributed by atoms with Crippen LogP contribution >= 0.6 is 0 Å². The first-order valence-corrected chi connectivity index (χ1v) is 7.38. The Morgan fingerprint density at radius 2 is 1.86 bits per heavy atom. The fraction of sp³-hybridized carbons (Fsp3) is 0.500. The predicted molar refractivity (Wildman–Crippen MR) is 83.0 cm³/mol. The van der Waals surface area contributed by atoms with Gasteiger partial charge < -0.3 is 15.5 Å². The van der Waals surface area contributed by atoms with Gasteiger partial charge in [-0.3, -0.25) is 4.79 Å². The zero-order valence-electron chi connectivity index (χ0n) is 13.1. The van der Waals surface area contributed by atoms with E-state index < -0.39 is 5.41 Å². The largest absolute Gasteiger partial charge is 0.340 e. The highest BCUT2D eigenvalue weighted by atomic mass is 19.1. The zero-order chi connectivity index (χ0) is 16.3. The molecule has 5 nitrogen and oxygen atoms in total. The molecule has 0 bridgehead atoms. The van der Waals surface area contributed by atoms with Crippen LogP contribution in [-0.2, 0) is 4.79 Å². The van der Waals surface area contributed by atoms with Crippen molar-refractivity contribution in [2.75, 3.05) is 18.4 Å². The average Bonchev–Trinajstić information content (AvgIpc) is 2.87. The summed E-state index contributed by atoms with van der Waals surface area (Å²) in [6.07, 6.45) is 0.735. The van der Waals surface area contributed by atoms with Gasteiger partial charge in [-0.25, -0.2) is 9.18 Å². The van der Waals surface area contributed by atoms with Gasteiger partial charge in [0.05, 0.1) is 0 Å². The molecule has 0 aromatic heterocycles. The van der Waals surface area contributed by atoms with Crippen LogP contribution in [0, 0.1) is 11.2 Å². The molecule has 120 valence electrons. The molecular formula is C16H22FN3O2. The molecule has 2 rings (SSSR count). The molecule has 22 heavy (non-hydrogen) atoms. The van der Waals surface area contributed by atoms with Gasteiger partial charge in [-0.1, -0.05) is 20.8 Å². The van der Waals surface area contributed by atoms with Crippen LogP contribution in [0.4, 0.5) is 14.9 Å². The van der Waals surface area contributed by atoms with Crippen molar-refractivity contribution in [3.8, 4) is 0 Å². The topological polar surface area (TPSA) is 61.4 Å². The lowest BCUT2D eigenvalue weighted by molar-refractivity contribution is -0.138. The van der Waals surface area contributed by atoms with Crippen molar-refractivity contribution in [1.82, 2.24) is 10.2 Å². The first-order chi connectivity index (χ1) is 10.3. The maximum atomic E-state index is 12.8. The number of carbonyl (C=O) groups is 2. The lowest BCUT2D eigenvalue weighted by Gasteiger charge is -2.25. The summed E-state index contributed by atoms with van der Waals surface area (Å²) in [5.74, 6) is -0.256. The van der Waals surface area contributed by atoms with Gasteiger partial charge in [0.25, 0.3) is 0 Å². The fourth-order valence-corrected chi connectivity index (χ4v) is 2.42. The van der Waals surface area contributed by atoms with Crippen molar-refractivity contribution < 1.29 is 14.0 Å². The summed E-state index contributed by atoms with van der Waals surface area (Å²) in [5, 5.41) is 5.49. The minimum Gasteiger partial charge on any atom is -0.340 e. The summed E-state index contributed by atoms with van der Waals surface area (Å²) in [4.78, 5) is 25.9. The first kappa shape index (κ1) is 16.3. The van der Waals surface area contributed by atoms with Gasteiger partial charge in [-0.05, 0) is 30.7 Å². The molecule has 1 heterocycles. The molecule has 0 aliphatic carbocycles. The van der Waals surface area contributed by atoms with Crippen molar-refractivity contribution in [1.29, 1.82) is 0 Å². The molecule has 0 radical (unpaired) electrons. The van der Waals surface area contributed by atoms with Crippen LogP contribution in [0.15, 0.2) is 24.3 Å². The predicted octanol–water partition coefficient (Wildman–Crippen LogP) is 2.59. The maximum Gasteiger partial charge on any atom is 0.319 e. The van der Waals surface area contributed by atoms with Crippen molar-refractivity contribution in [3.63, 3.8) is 0 Å². The molecule has 1 aliphatic rings. The molecular weight excluding hydrogens is 285 g/mol. The van der Waals surface area contributed by atoms with Crippen LogP contribution in [0.5, 0.6) is 0 Å². The second-order valence-corrected chi connectivity index (χ2v) is 6.59. The quantitative estimate of drug-likeness (QED) is 0.882. The minimum atomic E-state index is -0.411. The second kappa shape index (κ2) is 6.34. The van der Waals surface area contributed by atoms with E-state index in [1.165, 1.54) is 24.3 Å². The van der Waals surface area contributed by atoms with Crippen LogP contribution < -0.4 is 10.6 Å². The highest BCUT2D eigenvalue weighted by Crippen LogP contribution is 2.21. The number of anilines is 1. The summed E-state index contributed by atoms with van der Waals surface area (Å²) >= 11 is 0. The zero-order valence-corrected chi connectivity index (χ0v) is 13.1. The Morgan fingerprint density at radius 3 is 2.45 bits per heavy atom. The van der Waals surface area contributed by atoms with Crippen molar-refractivity contribution in [3.05, 3.63) is 30.1 Å². The number of carbonyl (C=O) groups excluding carboxylic acids is 2. The minimum absolute atomic E-state index is 0.0632. The molecule has 2 N–H and O–H groups in total. The van der Waals surface area contributed by atoms with E-state index in [2.05, 4.69) is 10.6 Å². The molecule has 1 saturated heterocycles. The Hall–Kier alpha value is -2.11. The monoisotopic (exact) mass is 307 g/mol. The van der Waals surface area contributed by atoms with Crippen molar-refractivity contribution in [2.24, 2.45) is 5.41 Å². The summed E-state index contributed by atoms with van der Waals surface area (Å²) in [5.41, 5.74) is 0.116. The number of amides is 3. The number of nitrogens with zero attached hydrogens (tertiary/aromatic N) is 1. The molecule has 3 amide bonds. The Kier molecular flexibility index (Phi) is 4.68. The summed E-state index contributed by atoms with van der Waals surface area (Å²) < 4.78 is 12.8. The maximum absolute atomic E-state index is 12.8. The highest BCUT2D eigenvalue weighted by molar-refractivity contribution is 5.89. The summed E-state index contributed by atoms with van der Waals surface area (Å²) in [6, 6.07) is 5.16. The Balaban J connectivity index is 1.83. The number of halogens is 1. The number of likely N-dealkylation sites (tertiary alicyclic amines) is 1. The van der Waals surface area contributed by atoms with Gasteiger partial charge in [0.1, 0.15) is 5.82 Å². The number of hydrogen-bond acceptors (Lipinski definition) is 2. The number of rotatable bonds is 2. The van der Waals surface area contributed by atoms with E-state index in [9.17, 15) is 14.0 Å². The first-order valence-electron chi connectivity index (χ1n) is 7.38. The third-order valence-electron chi connectivity index (χ3n) is 3.55. The van der Waals surface area contributed by atoms with Gasteiger partial charge in [0.2, 0.25) is 5.91 Å². The lowest BCUT2D eigenvalue weighted by atomic mass is 9.95. The number of urea groups is 1. The smallest absolute Gasteiger partial charge is 0.319 e. The van der Waals surface area contributed by atoms with E-state index in [1.54, 1.807) is 4.90 Å². The highest BCUT2D eigenvalue weighted by Gasteiger charge is 2.33. The Labute approximate surface area is 129 Å². The SMILES string of the molecule is CC(C)(C)C(=O)N1CCC(NC(=O)Nc2ccc(F)cc2)C1. The van der Waals surface area contributed by atoms with Crippen LogP contribution in [0.1, 0.15) is 27.2 Å². The average molecular weight is 307 g/mol. The van der Waals surface area contributed by atoms with Gasteiger partial charge in [0, 0.05) is 30.2 Å². The van der Waals surface area contributed by atoms with E-state index in [0.717, 1.165) is 6.42 Å². The molecule has 1 aromatic rings. The van der Waals surface area contributed by atoms with E-state index in [0.29, 0.717) is 18.8 Å². The van der Waals surface area contributed by atoms with Crippen LogP contribution in [0.2, 0.25) is 0 Å². The van der Waals surface area contributed by atoms with Gasteiger partial charge in [-0.2, -0.15) is 0 Å². The van der Waals surface area contributed by atoms with Crippen LogP contribution in [0.3, 0.4) is 0 Å². The van der Waals surface area contributed by atoms with Crippen LogP contribution in [0.25, 0.3) is 0 Å². The second-order valence-electron chi connectivity index (χ2n) is 6.59. The fourth-order valence-electron chi connectivity index (χ4n) is 2.42. The standard InChI is InChI=1S/C16H22FN3O2/c1-16(2,3)14(21)20-9-8-13(10-20)19-15(22)18-12-6-4-11(17)5-7-12/h4-7,13H,8-10H2,1-3H3,(H2,18,19,22). The molecule has 0 saturated carbocycles. The number of benzene rings is 1. The molecule has 1 unspecified atom stereocenters. The molecule has 1 aliphatic heterocycles. The van der Waals surface area contributed by atoms with Gasteiger partial charge in [-0.15, -0.1) is 0 Å². The molecule has 6 heteroatoms. The van der Waals surface area contributed by atoms with Crippen LogP contribution in [-0.4, -0.2) is 36.0 Å². The van der Waals surface area contributed by atoms with E-state index in [-0.39, 0.29) is 23.8 Å². The molecule has 1 atom stereocenters. The normalized spacial score (nSPS) is 18.2. The summed E-state index contributed by atoms with van der Waals surface area (Å²) in [7, 11) is 0. The van der Waals surface area contributed by atoms with Gasteiger partial charge >= 0.3 is 6.03 Å². The van der Waals surface area contributed by atoms with E-state index >= 15 is 0 Å². The Morgan fingerprint density at radius 1 is 1.23 bits per heavy atom. The number of nitrogens with one attached hydrogen (secondary N) is 2. The lowest BCUT2D eigenvalue weighted by Crippen LogP contribution is -2.43. The molecule has 1 fully saturated rings.